The second kappa shape index (κ2) is 11.9. The standard InChI is InChI=1S/C38H28N10O2/c49-33(21-47-31-19-9-7-17-29(31)45-37(47)35-41-25-13-3-4-14-26(25)42-35)39-23-11-1-2-12-24(23)40-34(50)22-48-32-20-10-8-18-30(32)46-38(48)36-43-27-15-5-6-16-28(27)44-36/h1-20H,21-22H2,(H,39,49)(H,40,50)(H,41,42)(H,43,44). The van der Waals surface area contributed by atoms with E-state index in [2.05, 4.69) is 20.6 Å². The summed E-state index contributed by atoms with van der Waals surface area (Å²) >= 11 is 0. The number of amides is 2. The molecule has 0 unspecified atom stereocenters. The van der Waals surface area contributed by atoms with E-state index in [-0.39, 0.29) is 24.9 Å². The van der Waals surface area contributed by atoms with Gasteiger partial charge in [0.05, 0.1) is 55.5 Å². The van der Waals surface area contributed by atoms with Gasteiger partial charge in [0.1, 0.15) is 13.1 Å². The monoisotopic (exact) mass is 656 g/mol. The van der Waals surface area contributed by atoms with E-state index in [0.29, 0.717) is 34.7 Å². The van der Waals surface area contributed by atoms with Crippen molar-refractivity contribution in [2.75, 3.05) is 10.6 Å². The van der Waals surface area contributed by atoms with Crippen molar-refractivity contribution in [3.8, 4) is 23.3 Å². The average molecular weight is 657 g/mol. The summed E-state index contributed by atoms with van der Waals surface area (Å²) in [6.45, 7) is -0.0614. The van der Waals surface area contributed by atoms with Crippen LogP contribution < -0.4 is 10.6 Å². The van der Waals surface area contributed by atoms with Gasteiger partial charge in [0.15, 0.2) is 23.3 Å². The molecule has 242 valence electrons. The van der Waals surface area contributed by atoms with E-state index in [0.717, 1.165) is 44.1 Å². The molecule has 4 aromatic heterocycles. The van der Waals surface area contributed by atoms with Crippen molar-refractivity contribution in [1.82, 2.24) is 39.0 Å². The zero-order valence-electron chi connectivity index (χ0n) is 26.5. The molecule has 5 aromatic carbocycles. The molecule has 0 aliphatic rings. The summed E-state index contributed by atoms with van der Waals surface area (Å²) in [5.41, 5.74) is 7.40. The molecule has 0 atom stereocenters. The van der Waals surface area contributed by atoms with Crippen LogP contribution in [0, 0.1) is 0 Å². The van der Waals surface area contributed by atoms with Crippen LogP contribution >= 0.6 is 0 Å². The van der Waals surface area contributed by atoms with Gasteiger partial charge in [-0.3, -0.25) is 9.59 Å². The quantitative estimate of drug-likeness (QED) is 0.142. The number of rotatable bonds is 8. The van der Waals surface area contributed by atoms with Crippen molar-refractivity contribution in [2.24, 2.45) is 0 Å². The van der Waals surface area contributed by atoms with Crippen LogP contribution in [0.1, 0.15) is 0 Å². The van der Waals surface area contributed by atoms with Crippen molar-refractivity contribution in [3.05, 3.63) is 121 Å². The lowest BCUT2D eigenvalue weighted by Gasteiger charge is -2.14. The first-order chi connectivity index (χ1) is 24.6. The Labute approximate surface area is 283 Å². The lowest BCUT2D eigenvalue weighted by molar-refractivity contribution is -0.117. The highest BCUT2D eigenvalue weighted by Gasteiger charge is 2.21. The number of carbonyl (C=O) groups excluding carboxylic acids is 2. The molecule has 4 heterocycles. The molecule has 0 saturated heterocycles. The first-order valence-electron chi connectivity index (χ1n) is 16.1. The smallest absolute Gasteiger partial charge is 0.244 e. The Morgan fingerprint density at radius 2 is 0.860 bits per heavy atom. The van der Waals surface area contributed by atoms with Crippen LogP contribution in [-0.2, 0) is 22.7 Å². The molecule has 0 spiro atoms. The van der Waals surface area contributed by atoms with E-state index in [9.17, 15) is 9.59 Å². The molecule has 0 bridgehead atoms. The minimum absolute atomic E-state index is 0.0307. The fraction of sp³-hybridized carbons (Fsp3) is 0.0526. The number of anilines is 2. The molecule has 0 saturated carbocycles. The number of benzene rings is 5. The lowest BCUT2D eigenvalue weighted by Crippen LogP contribution is -2.23. The highest BCUT2D eigenvalue weighted by Crippen LogP contribution is 2.28. The van der Waals surface area contributed by atoms with Crippen molar-refractivity contribution < 1.29 is 9.59 Å². The summed E-state index contributed by atoms with van der Waals surface area (Å²) < 4.78 is 3.68. The summed E-state index contributed by atoms with van der Waals surface area (Å²) in [4.78, 5) is 53.1. The maximum absolute atomic E-state index is 13.7. The van der Waals surface area contributed by atoms with Gasteiger partial charge in [-0.05, 0) is 60.7 Å². The molecule has 0 fully saturated rings. The zero-order valence-corrected chi connectivity index (χ0v) is 26.5. The number of hydrogen-bond acceptors (Lipinski definition) is 6. The molecule has 0 aliphatic carbocycles. The molecule has 9 rings (SSSR count). The lowest BCUT2D eigenvalue weighted by atomic mass is 10.2. The summed E-state index contributed by atoms with van der Waals surface area (Å²) in [6.07, 6.45) is 0. The van der Waals surface area contributed by atoms with Crippen LogP contribution in [0.25, 0.3) is 67.4 Å². The molecule has 2 amide bonds. The van der Waals surface area contributed by atoms with Gasteiger partial charge >= 0.3 is 0 Å². The minimum Gasteiger partial charge on any atom is -0.335 e. The minimum atomic E-state index is -0.292. The van der Waals surface area contributed by atoms with Gasteiger partial charge in [0.25, 0.3) is 0 Å². The number of aromatic nitrogens is 8. The van der Waals surface area contributed by atoms with Gasteiger partial charge in [0, 0.05) is 0 Å². The number of carbonyl (C=O) groups is 2. The first-order valence-corrected chi connectivity index (χ1v) is 16.1. The number of hydrogen-bond donors (Lipinski definition) is 4. The first kappa shape index (κ1) is 29.1. The third kappa shape index (κ3) is 5.21. The van der Waals surface area contributed by atoms with Crippen LogP contribution in [0.3, 0.4) is 0 Å². The fourth-order valence-corrected chi connectivity index (χ4v) is 6.32. The normalized spacial score (nSPS) is 11.5. The second-order valence-corrected chi connectivity index (χ2v) is 11.9. The van der Waals surface area contributed by atoms with E-state index < -0.39 is 0 Å². The highest BCUT2D eigenvalue weighted by molar-refractivity contribution is 6.00. The van der Waals surface area contributed by atoms with E-state index in [1.165, 1.54) is 0 Å². The highest BCUT2D eigenvalue weighted by atomic mass is 16.2. The van der Waals surface area contributed by atoms with Gasteiger partial charge in [0.2, 0.25) is 11.8 Å². The number of fused-ring (bicyclic) bond motifs is 4. The number of para-hydroxylation sites is 10. The largest absolute Gasteiger partial charge is 0.335 e. The Kier molecular flexibility index (Phi) is 6.90. The Morgan fingerprint density at radius 3 is 1.30 bits per heavy atom. The molecule has 9 aromatic rings. The Morgan fingerprint density at radius 1 is 0.480 bits per heavy atom. The van der Waals surface area contributed by atoms with Gasteiger partial charge in [-0.1, -0.05) is 60.7 Å². The molecule has 12 heteroatoms. The van der Waals surface area contributed by atoms with E-state index in [1.807, 2.05) is 106 Å². The molecule has 0 radical (unpaired) electrons. The number of imidazole rings is 4. The summed E-state index contributed by atoms with van der Waals surface area (Å²) in [7, 11) is 0. The molecular formula is C38H28N10O2. The van der Waals surface area contributed by atoms with Gasteiger partial charge in [-0.2, -0.15) is 0 Å². The Balaban J connectivity index is 0.980. The topological polar surface area (TPSA) is 151 Å². The van der Waals surface area contributed by atoms with Crippen LogP contribution in [0.4, 0.5) is 11.4 Å². The van der Waals surface area contributed by atoms with Crippen LogP contribution in [0.5, 0.6) is 0 Å². The summed E-state index contributed by atoms with van der Waals surface area (Å²) in [5, 5.41) is 6.00. The maximum Gasteiger partial charge on any atom is 0.244 e. The Bertz CT molecular complexity index is 2480. The number of aromatic amines is 2. The molecule has 12 nitrogen and oxygen atoms in total. The van der Waals surface area contributed by atoms with Gasteiger partial charge in [-0.25, -0.2) is 19.9 Å². The molecule has 50 heavy (non-hydrogen) atoms. The summed E-state index contributed by atoms with van der Waals surface area (Å²) in [6, 6.07) is 37.9. The van der Waals surface area contributed by atoms with Crippen LogP contribution in [-0.4, -0.2) is 50.9 Å². The molecule has 0 aliphatic heterocycles. The number of nitrogens with one attached hydrogen (secondary N) is 4. The van der Waals surface area contributed by atoms with Crippen LogP contribution in [0.2, 0.25) is 0 Å². The van der Waals surface area contributed by atoms with Crippen molar-refractivity contribution in [1.29, 1.82) is 0 Å². The zero-order chi connectivity index (χ0) is 33.6. The van der Waals surface area contributed by atoms with Crippen molar-refractivity contribution in [2.45, 2.75) is 13.1 Å². The number of nitrogens with zero attached hydrogens (tertiary/aromatic N) is 6. The fourth-order valence-electron chi connectivity index (χ4n) is 6.32. The third-order valence-corrected chi connectivity index (χ3v) is 8.59. The van der Waals surface area contributed by atoms with Gasteiger partial charge < -0.3 is 29.7 Å². The molecule has 4 N–H and O–H groups in total. The third-order valence-electron chi connectivity index (χ3n) is 8.59. The van der Waals surface area contributed by atoms with Crippen molar-refractivity contribution >= 4 is 67.3 Å². The molecular weight excluding hydrogens is 628 g/mol. The Hall–Kier alpha value is -7.08. The SMILES string of the molecule is O=C(Cn1c(-c2nc3ccccc3[nH]2)nc2ccccc21)Nc1ccccc1NC(=O)Cn1c(-c2nc3ccccc3[nH]2)nc2ccccc21. The maximum atomic E-state index is 13.7. The predicted octanol–water partition coefficient (Wildman–Crippen LogP) is 6.75. The second-order valence-electron chi connectivity index (χ2n) is 11.9. The van der Waals surface area contributed by atoms with E-state index in [4.69, 9.17) is 19.9 Å². The van der Waals surface area contributed by atoms with E-state index in [1.54, 1.807) is 24.3 Å². The average Bonchev–Trinajstić information content (AvgIpc) is 3.92. The van der Waals surface area contributed by atoms with E-state index >= 15 is 0 Å². The summed E-state index contributed by atoms with van der Waals surface area (Å²) in [5.74, 6) is 1.65. The predicted molar refractivity (Wildman–Crippen MR) is 193 cm³/mol. The van der Waals surface area contributed by atoms with Crippen molar-refractivity contribution in [3.63, 3.8) is 0 Å². The van der Waals surface area contributed by atoms with Crippen LogP contribution in [0.15, 0.2) is 121 Å². The van der Waals surface area contributed by atoms with Gasteiger partial charge in [-0.15, -0.1) is 0 Å². The number of H-pyrrole nitrogens is 2.